The van der Waals surface area contributed by atoms with Crippen LogP contribution in [-0.2, 0) is 10.2 Å². The third kappa shape index (κ3) is 2.07. The van der Waals surface area contributed by atoms with Crippen molar-refractivity contribution in [2.45, 2.75) is 31.2 Å². The fourth-order valence-corrected chi connectivity index (χ4v) is 3.49. The summed E-state index contributed by atoms with van der Waals surface area (Å²) in [5.74, 6) is -0.489. The van der Waals surface area contributed by atoms with E-state index in [-0.39, 0.29) is 11.3 Å². The molecule has 21 heavy (non-hydrogen) atoms. The minimum Gasteiger partial charge on any atom is -0.382 e. The minimum atomic E-state index is -0.489. The van der Waals surface area contributed by atoms with Gasteiger partial charge in [-0.25, -0.2) is 0 Å². The molecule has 1 saturated heterocycles. The summed E-state index contributed by atoms with van der Waals surface area (Å²) in [6, 6.07) is 7.56. The lowest BCUT2D eigenvalue weighted by Gasteiger charge is -2.32. The number of amides is 1. The fourth-order valence-electron chi connectivity index (χ4n) is 3.49. The van der Waals surface area contributed by atoms with E-state index in [4.69, 9.17) is 5.73 Å². The average Bonchev–Trinajstić information content (AvgIpc) is 2.65. The third-order valence-corrected chi connectivity index (χ3v) is 4.15. The first-order valence-corrected chi connectivity index (χ1v) is 6.97. The molecule has 4 nitrogen and oxygen atoms in total. The van der Waals surface area contributed by atoms with Crippen LogP contribution in [0.2, 0.25) is 0 Å². The van der Waals surface area contributed by atoms with Gasteiger partial charge < -0.3 is 11.1 Å². The van der Waals surface area contributed by atoms with Crippen molar-refractivity contribution in [2.24, 2.45) is 5.73 Å². The van der Waals surface area contributed by atoms with Crippen LogP contribution in [-0.4, -0.2) is 17.2 Å². The molecule has 1 aromatic rings. The number of allylic oxidation sites excluding steroid dienone is 2. The highest BCUT2D eigenvalue weighted by molar-refractivity contribution is 6.08. The molecule has 1 unspecified atom stereocenters. The van der Waals surface area contributed by atoms with E-state index in [1.807, 2.05) is 30.3 Å². The van der Waals surface area contributed by atoms with Crippen molar-refractivity contribution in [3.05, 3.63) is 59.3 Å². The maximum atomic E-state index is 12.1. The van der Waals surface area contributed by atoms with Crippen molar-refractivity contribution in [3.63, 3.8) is 0 Å². The number of carbonyl (C=O) groups excluding carboxylic acids is 2. The SMILES string of the molecule is CC1(C)CC2(C=CC(=O)c3ccccc32)C(=CC(N)=O)N1. The molecule has 0 aromatic heterocycles. The Labute approximate surface area is 123 Å². The molecule has 1 amide bonds. The molecule has 2 aliphatic rings. The first kappa shape index (κ1) is 13.6. The highest BCUT2D eigenvalue weighted by Gasteiger charge is 2.49. The van der Waals surface area contributed by atoms with E-state index in [2.05, 4.69) is 19.2 Å². The monoisotopic (exact) mass is 282 g/mol. The molecule has 0 saturated carbocycles. The molecule has 4 heteroatoms. The van der Waals surface area contributed by atoms with E-state index < -0.39 is 11.3 Å². The number of hydrogen-bond acceptors (Lipinski definition) is 3. The van der Waals surface area contributed by atoms with E-state index in [9.17, 15) is 9.59 Å². The van der Waals surface area contributed by atoms with Crippen molar-refractivity contribution in [1.29, 1.82) is 0 Å². The number of fused-ring (bicyclic) bond motifs is 2. The Morgan fingerprint density at radius 2 is 2.05 bits per heavy atom. The van der Waals surface area contributed by atoms with Crippen LogP contribution in [0.4, 0.5) is 0 Å². The summed E-state index contributed by atoms with van der Waals surface area (Å²) >= 11 is 0. The first-order valence-electron chi connectivity index (χ1n) is 6.97. The number of nitrogens with two attached hydrogens (primary N) is 1. The van der Waals surface area contributed by atoms with Gasteiger partial charge >= 0.3 is 0 Å². The zero-order chi connectivity index (χ0) is 15.3. The zero-order valence-electron chi connectivity index (χ0n) is 12.1. The van der Waals surface area contributed by atoms with Crippen LogP contribution in [0.25, 0.3) is 0 Å². The van der Waals surface area contributed by atoms with Gasteiger partial charge in [0.15, 0.2) is 5.78 Å². The van der Waals surface area contributed by atoms with Crippen LogP contribution in [0.5, 0.6) is 0 Å². The Hall–Kier alpha value is -2.36. The van der Waals surface area contributed by atoms with E-state index in [1.54, 1.807) is 6.08 Å². The van der Waals surface area contributed by atoms with Crippen molar-refractivity contribution in [1.82, 2.24) is 5.32 Å². The maximum absolute atomic E-state index is 12.1. The van der Waals surface area contributed by atoms with Crippen molar-refractivity contribution >= 4 is 11.7 Å². The lowest BCUT2D eigenvalue weighted by Crippen LogP contribution is -2.31. The number of rotatable bonds is 1. The van der Waals surface area contributed by atoms with E-state index in [1.165, 1.54) is 6.08 Å². The molecule has 108 valence electrons. The van der Waals surface area contributed by atoms with Crippen LogP contribution >= 0.6 is 0 Å². The normalized spacial score (nSPS) is 27.7. The quantitative estimate of drug-likeness (QED) is 0.772. The molecular weight excluding hydrogens is 264 g/mol. The summed E-state index contributed by atoms with van der Waals surface area (Å²) < 4.78 is 0. The summed E-state index contributed by atoms with van der Waals surface area (Å²) in [6.45, 7) is 4.15. The molecule has 3 N–H and O–H groups in total. The molecule has 0 radical (unpaired) electrons. The standard InChI is InChI=1S/C17H18N2O2/c1-16(2)10-17(14(19-16)9-15(18)21)8-7-13(20)11-5-3-4-6-12(11)17/h3-9,19H,10H2,1-2H3,(H2,18,21). The van der Waals surface area contributed by atoms with Gasteiger partial charge in [0.2, 0.25) is 5.91 Å². The number of benzene rings is 1. The molecule has 1 fully saturated rings. The lowest BCUT2D eigenvalue weighted by atomic mass is 9.69. The summed E-state index contributed by atoms with van der Waals surface area (Å²) in [5, 5.41) is 3.38. The second kappa shape index (κ2) is 4.32. The van der Waals surface area contributed by atoms with Gasteiger partial charge in [-0.1, -0.05) is 30.3 Å². The van der Waals surface area contributed by atoms with Crippen molar-refractivity contribution in [3.8, 4) is 0 Å². The second-order valence-corrected chi connectivity index (χ2v) is 6.36. The Balaban J connectivity index is 2.26. The number of hydrogen-bond donors (Lipinski definition) is 2. The fraction of sp³-hybridized carbons (Fsp3) is 0.294. The second-order valence-electron chi connectivity index (χ2n) is 6.36. The van der Waals surface area contributed by atoms with Crippen LogP contribution in [0, 0.1) is 0 Å². The van der Waals surface area contributed by atoms with E-state index in [0.29, 0.717) is 5.56 Å². The highest BCUT2D eigenvalue weighted by Crippen LogP contribution is 2.48. The molecule has 1 heterocycles. The smallest absolute Gasteiger partial charge is 0.243 e. The predicted octanol–water partition coefficient (Wildman–Crippen LogP) is 1.82. The number of nitrogens with one attached hydrogen (secondary N) is 1. The van der Waals surface area contributed by atoms with Gasteiger partial charge in [-0.2, -0.15) is 0 Å². The molecule has 1 spiro atoms. The van der Waals surface area contributed by atoms with Gasteiger partial charge in [0.25, 0.3) is 0 Å². The van der Waals surface area contributed by atoms with Crippen LogP contribution in [0.1, 0.15) is 36.2 Å². The van der Waals surface area contributed by atoms with E-state index in [0.717, 1.165) is 17.7 Å². The van der Waals surface area contributed by atoms with Gasteiger partial charge in [-0.05, 0) is 31.9 Å². The molecule has 1 aliphatic carbocycles. The molecular formula is C17H18N2O2. The molecule has 1 aromatic carbocycles. The van der Waals surface area contributed by atoms with Crippen molar-refractivity contribution in [2.75, 3.05) is 0 Å². The zero-order valence-corrected chi connectivity index (χ0v) is 12.1. The summed E-state index contributed by atoms with van der Waals surface area (Å²) in [7, 11) is 0. The first-order chi connectivity index (χ1) is 9.84. The van der Waals surface area contributed by atoms with Crippen LogP contribution in [0.3, 0.4) is 0 Å². The van der Waals surface area contributed by atoms with Gasteiger partial charge in [-0.15, -0.1) is 0 Å². The summed E-state index contributed by atoms with van der Waals surface area (Å²) in [6.07, 6.45) is 5.69. The van der Waals surface area contributed by atoms with Crippen molar-refractivity contribution < 1.29 is 9.59 Å². The average molecular weight is 282 g/mol. The largest absolute Gasteiger partial charge is 0.382 e. The van der Waals surface area contributed by atoms with Gasteiger partial charge in [-0.3, -0.25) is 9.59 Å². The van der Waals surface area contributed by atoms with Gasteiger partial charge in [0, 0.05) is 22.9 Å². The third-order valence-electron chi connectivity index (χ3n) is 4.15. The van der Waals surface area contributed by atoms with Gasteiger partial charge in [0.05, 0.1) is 5.41 Å². The Morgan fingerprint density at radius 1 is 1.33 bits per heavy atom. The Morgan fingerprint density at radius 3 is 2.76 bits per heavy atom. The molecule has 0 bridgehead atoms. The van der Waals surface area contributed by atoms with Gasteiger partial charge in [0.1, 0.15) is 0 Å². The molecule has 1 aliphatic heterocycles. The van der Waals surface area contributed by atoms with Crippen LogP contribution in [0.15, 0.2) is 48.2 Å². The summed E-state index contributed by atoms with van der Waals surface area (Å²) in [4.78, 5) is 23.5. The predicted molar refractivity (Wildman–Crippen MR) is 80.7 cm³/mol. The lowest BCUT2D eigenvalue weighted by molar-refractivity contribution is -0.113. The number of ketones is 1. The number of carbonyl (C=O) groups is 2. The highest BCUT2D eigenvalue weighted by atomic mass is 16.1. The summed E-state index contributed by atoms with van der Waals surface area (Å²) in [5.41, 5.74) is 7.07. The minimum absolute atomic E-state index is 0.000596. The Bertz CT molecular complexity index is 700. The number of primary amides is 1. The Kier molecular flexibility index (Phi) is 2.80. The van der Waals surface area contributed by atoms with E-state index >= 15 is 0 Å². The molecule has 3 rings (SSSR count). The topological polar surface area (TPSA) is 72.2 Å². The maximum Gasteiger partial charge on any atom is 0.243 e. The molecule has 1 atom stereocenters. The van der Waals surface area contributed by atoms with Crippen LogP contribution < -0.4 is 11.1 Å².